The number of carbonyl (C=O) groups excluding carboxylic acids is 3. The number of methoxy groups -OCH3 is 8. The molecule has 0 bridgehead atoms. The summed E-state index contributed by atoms with van der Waals surface area (Å²) >= 11 is 0. The van der Waals surface area contributed by atoms with Gasteiger partial charge in [0.2, 0.25) is 10.0 Å². The largest absolute Gasteiger partial charge is 0.514 e. The predicted molar refractivity (Wildman–Crippen MR) is 565 cm³/mol. The molecule has 0 radical (unpaired) electrons. The maximum absolute atomic E-state index is 13.3. The summed E-state index contributed by atoms with van der Waals surface area (Å²) in [6.45, 7) is 45.6. The number of aromatic nitrogens is 4. The van der Waals surface area contributed by atoms with Gasteiger partial charge in [0, 0.05) is 154 Å². The van der Waals surface area contributed by atoms with Crippen molar-refractivity contribution < 1.29 is 100 Å². The molecule has 4 aromatic heterocycles. The molecule has 141 heavy (non-hydrogen) atoms. The molecule has 0 aliphatic rings. The van der Waals surface area contributed by atoms with E-state index in [1.807, 2.05) is 83.4 Å². The third-order valence-electron chi connectivity index (χ3n) is 24.1. The summed E-state index contributed by atoms with van der Waals surface area (Å²) < 4.78 is 90.7. The van der Waals surface area contributed by atoms with Crippen LogP contribution in [0.5, 0.6) is 46.0 Å². The van der Waals surface area contributed by atoms with Crippen molar-refractivity contribution in [1.29, 1.82) is 0 Å². The van der Waals surface area contributed by atoms with E-state index in [1.54, 1.807) is 197 Å². The lowest BCUT2D eigenvalue weighted by Gasteiger charge is -2.27. The van der Waals surface area contributed by atoms with E-state index < -0.39 is 39.8 Å². The topological polar surface area (TPSA) is 344 Å². The van der Waals surface area contributed by atoms with Gasteiger partial charge < -0.3 is 77.3 Å². The van der Waals surface area contributed by atoms with E-state index >= 15 is 0 Å². The molecule has 0 aliphatic heterocycles. The number of hydrogen-bond acceptors (Lipinski definition) is 26. The fourth-order valence-corrected chi connectivity index (χ4v) is 15.9. The number of aryl methyl sites for hydroxylation is 10. The normalized spacial score (nSPS) is 11.1. The molecular weight excluding hydrogens is 1880 g/mol. The number of phenols is 4. The molecular formula is C112H143BrN6O21S. The van der Waals surface area contributed by atoms with Crippen molar-refractivity contribution in [2.24, 2.45) is 4.99 Å². The van der Waals surface area contributed by atoms with Gasteiger partial charge in [0.25, 0.3) is 0 Å². The van der Waals surface area contributed by atoms with Crippen molar-refractivity contribution >= 4 is 94.9 Å². The van der Waals surface area contributed by atoms with E-state index in [4.69, 9.17) is 56.8 Å². The molecule has 13 aromatic rings. The van der Waals surface area contributed by atoms with Crippen LogP contribution in [0.25, 0.3) is 43.1 Å². The highest BCUT2D eigenvalue weighted by Crippen LogP contribution is 2.41. The van der Waals surface area contributed by atoms with Crippen molar-refractivity contribution in [3.8, 4) is 46.0 Å². The molecule has 760 valence electrons. The monoisotopic (exact) mass is 2020 g/mol. The Balaban J connectivity index is 0.000000289. The number of hydrogen-bond donors (Lipinski definition) is 4. The fourth-order valence-electron chi connectivity index (χ4n) is 14.5. The van der Waals surface area contributed by atoms with Crippen LogP contribution in [0.15, 0.2) is 181 Å². The van der Waals surface area contributed by atoms with Gasteiger partial charge in [0.15, 0.2) is 64.9 Å². The zero-order chi connectivity index (χ0) is 104. The van der Waals surface area contributed by atoms with E-state index in [0.29, 0.717) is 23.2 Å². The van der Waals surface area contributed by atoms with Gasteiger partial charge in [-0.2, -0.15) is 4.31 Å². The first-order chi connectivity index (χ1) is 66.1. The maximum atomic E-state index is 13.3. The molecule has 9 aromatic carbocycles. The summed E-state index contributed by atoms with van der Waals surface area (Å²) in [6.07, 6.45) is 16.7. The number of fused-ring (bicyclic) bond motifs is 4. The lowest BCUT2D eigenvalue weighted by Crippen LogP contribution is -2.38. The average molecular weight is 2020 g/mol. The Hall–Kier alpha value is -12.6. The average Bonchev–Trinajstić information content (AvgIpc) is 0.819. The Labute approximate surface area is 842 Å². The van der Waals surface area contributed by atoms with Crippen LogP contribution in [0, 0.1) is 118 Å². The highest BCUT2D eigenvalue weighted by molar-refractivity contribution is 8.93. The van der Waals surface area contributed by atoms with E-state index in [-0.39, 0.29) is 82.0 Å². The number of benzene rings is 9. The number of phenolic OH excluding ortho intramolecular Hbond substituents is 4. The first-order valence-electron chi connectivity index (χ1n) is 45.7. The molecule has 27 nitrogen and oxygen atoms in total. The lowest BCUT2D eigenvalue weighted by molar-refractivity contribution is -0.108. The van der Waals surface area contributed by atoms with Crippen LogP contribution in [0.3, 0.4) is 0 Å². The number of aromatic hydroxyl groups is 4. The zero-order valence-corrected chi connectivity index (χ0v) is 90.1. The van der Waals surface area contributed by atoms with Crippen LogP contribution in [-0.4, -0.2) is 178 Å². The summed E-state index contributed by atoms with van der Waals surface area (Å²) in [5.74, 6) is 1.36. The number of rotatable bonds is 24. The molecule has 29 heteroatoms. The minimum absolute atomic E-state index is 0. The quantitative estimate of drug-likeness (QED) is 0.0109. The van der Waals surface area contributed by atoms with Gasteiger partial charge in [-0.05, 0) is 344 Å². The first kappa shape index (κ1) is 119. The van der Waals surface area contributed by atoms with E-state index in [2.05, 4.69) is 112 Å². The van der Waals surface area contributed by atoms with Crippen molar-refractivity contribution in [3.63, 3.8) is 0 Å². The van der Waals surface area contributed by atoms with Gasteiger partial charge in [0.05, 0.1) is 32.2 Å². The van der Waals surface area contributed by atoms with Crippen LogP contribution in [0.1, 0.15) is 176 Å². The van der Waals surface area contributed by atoms with Gasteiger partial charge in [0.1, 0.15) is 17.5 Å². The number of nitrogens with zero attached hydrogens (tertiary/aromatic N) is 6. The van der Waals surface area contributed by atoms with Crippen LogP contribution >= 0.6 is 17.0 Å². The summed E-state index contributed by atoms with van der Waals surface area (Å²) in [5.41, 5.74) is 22.0. The second-order valence-corrected chi connectivity index (χ2v) is 37.6. The van der Waals surface area contributed by atoms with Crippen molar-refractivity contribution in [1.82, 2.24) is 24.2 Å². The van der Waals surface area contributed by atoms with E-state index in [9.17, 15) is 43.2 Å². The molecule has 0 atom stereocenters. The Morgan fingerprint density at radius 1 is 0.411 bits per heavy atom. The van der Waals surface area contributed by atoms with Gasteiger partial charge in [-0.15, -0.1) is 17.0 Å². The van der Waals surface area contributed by atoms with Crippen molar-refractivity contribution in [3.05, 3.63) is 288 Å². The number of ether oxygens (including phenoxy) is 12. The molecule has 0 spiro atoms. The summed E-state index contributed by atoms with van der Waals surface area (Å²) in [5, 5.41) is 44.7. The number of carbonyl (C=O) groups is 3. The van der Waals surface area contributed by atoms with Crippen LogP contribution < -0.4 is 18.9 Å². The highest BCUT2D eigenvalue weighted by atomic mass is 79.9. The van der Waals surface area contributed by atoms with Gasteiger partial charge in [-0.1, -0.05) is 66.2 Å². The van der Waals surface area contributed by atoms with Gasteiger partial charge in [-0.25, -0.2) is 18.0 Å². The molecule has 0 saturated heterocycles. The zero-order valence-electron chi connectivity index (χ0n) is 87.5. The number of aliphatic imine (C=N–C) groups is 1. The standard InChI is InChI=1S/C21H29NO4S.C20H25NO6.C15H24O2.C14H21NO2.C12H13NO2.2C10H9NO2.C10H12O.BrH/c1-15-7-11-20(12-8-15)27(23,24)22(14-21(25-5)26-6)13-19-10-9-16(2)17(3)18(19)4;1-12-14-11-21-9-8-13(14)10-15(24-17(22)26-19(2,3)4)16(12)25-18(23)27-20(5,6)7;1-11-9-10-14(13(3)12(11)2)7-6-8-15(16-4)17-5;1-10-6-7-13(12(3)11(10)2)8-15-9-14(16-4)17-5;1-8-10-7-13-5-4-9(10)6-11(14-2)12(8)15-3;2*1-6-8-5-11-3-2-7(8)4-9(12)10(6)13;1-7-4-5-10(6-11)9(3)8(7)2;/h7-12,21H,13-14H2,1-6H3;8-11H,1-7H3;9-10,15H,6-8H2,1-5H3;6-8,14H,9H2,1-5H3;4-7H,1-3H3;2*2-5,12-13H,1H3;4-6H,1-3H3;1H. The molecule has 0 aliphatic carbocycles. The SMILES string of the molecule is Br.COC(CCCc1ccc(C)c(C)c1C)OC.COC(CN(Cc1ccc(C)c(C)c1C)S(=O)(=O)c1ccc(C)cc1)OC.COC(CN=Cc1ccc(C)c(C)c1C)OC.COc1cc2ccncc2c(C)c1OC.Cc1c(O)c(O)cc2ccncc12.Cc1c(O)c(O)cc2ccncc12.Cc1c(OC(=O)OC(C)(C)C)c(OC(=O)OC(C)(C)C)cc2ccncc12.Cc1ccc(C=O)c(C)c1C. The van der Waals surface area contributed by atoms with Gasteiger partial charge >= 0.3 is 12.3 Å². The van der Waals surface area contributed by atoms with Crippen LogP contribution in [0.4, 0.5) is 9.59 Å². The highest BCUT2D eigenvalue weighted by Gasteiger charge is 2.30. The summed E-state index contributed by atoms with van der Waals surface area (Å²) in [6, 6.07) is 37.3. The van der Waals surface area contributed by atoms with Gasteiger partial charge in [-0.3, -0.25) is 29.7 Å². The number of aldehydes is 1. The smallest absolute Gasteiger partial charge is 0.504 e. The molecule has 4 heterocycles. The Morgan fingerprint density at radius 3 is 1.21 bits per heavy atom. The molecule has 0 amide bonds. The third-order valence-corrected chi connectivity index (χ3v) is 25.9. The van der Waals surface area contributed by atoms with Crippen LogP contribution in [-0.2, 0) is 60.9 Å². The predicted octanol–water partition coefficient (Wildman–Crippen LogP) is 24.6. The second kappa shape index (κ2) is 56.2. The number of pyridine rings is 4. The molecule has 0 unspecified atom stereocenters. The molecule has 0 saturated carbocycles. The molecule has 0 fully saturated rings. The summed E-state index contributed by atoms with van der Waals surface area (Å²) in [7, 11) is 9.22. The molecule has 4 N–H and O–H groups in total. The van der Waals surface area contributed by atoms with Crippen molar-refractivity contribution in [2.75, 3.05) is 70.0 Å². The lowest BCUT2D eigenvalue weighted by atomic mass is 9.95. The Morgan fingerprint density at radius 2 is 0.787 bits per heavy atom. The minimum atomic E-state index is -3.70. The van der Waals surface area contributed by atoms with E-state index in [1.165, 1.54) is 91.9 Å². The number of sulfonamides is 1. The van der Waals surface area contributed by atoms with Crippen LogP contribution in [0.2, 0.25) is 0 Å². The maximum Gasteiger partial charge on any atom is 0.514 e. The third kappa shape index (κ3) is 34.4. The summed E-state index contributed by atoms with van der Waals surface area (Å²) in [4.78, 5) is 55.5. The fraction of sp³-hybridized carbons (Fsp3) is 0.375. The Bertz CT molecular complexity index is 6400. The second-order valence-electron chi connectivity index (χ2n) is 35.7. The molecule has 13 rings (SSSR count). The first-order valence-corrected chi connectivity index (χ1v) is 47.1. The Kier molecular flexibility index (Phi) is 47.4. The minimum Gasteiger partial charge on any atom is -0.504 e. The van der Waals surface area contributed by atoms with Crippen molar-refractivity contribution in [2.45, 2.75) is 220 Å². The van der Waals surface area contributed by atoms with E-state index in [0.717, 1.165) is 119 Å². The number of halogens is 1.